The van der Waals surface area contributed by atoms with Gasteiger partial charge in [0, 0.05) is 25.6 Å². The van der Waals surface area contributed by atoms with Crippen LogP contribution in [0.25, 0.3) is 0 Å². The zero-order valence-electron chi connectivity index (χ0n) is 12.5. The number of nitrogens with zero attached hydrogens (tertiary/aromatic N) is 1. The Balaban J connectivity index is 1.68. The maximum absolute atomic E-state index is 12.4. The van der Waals surface area contributed by atoms with Crippen molar-refractivity contribution in [1.82, 2.24) is 10.2 Å². The van der Waals surface area contributed by atoms with E-state index in [0.717, 1.165) is 18.6 Å². The second-order valence-corrected chi connectivity index (χ2v) is 5.39. The molecule has 1 unspecified atom stereocenters. The molecule has 0 bridgehead atoms. The average molecular weight is 332 g/mol. The fourth-order valence-corrected chi connectivity index (χ4v) is 2.34. The number of likely N-dealkylation sites (tertiary alicyclic amines) is 1. The van der Waals surface area contributed by atoms with Crippen molar-refractivity contribution in [3.05, 3.63) is 29.8 Å². The zero-order valence-corrected chi connectivity index (χ0v) is 12.5. The minimum absolute atomic E-state index is 0.0703. The Bertz CT molecular complexity index is 520. The molecule has 8 heteroatoms. The van der Waals surface area contributed by atoms with Crippen LogP contribution in [-0.4, -0.2) is 48.9 Å². The highest BCUT2D eigenvalue weighted by molar-refractivity contribution is 5.74. The van der Waals surface area contributed by atoms with E-state index >= 15 is 0 Å². The van der Waals surface area contributed by atoms with Gasteiger partial charge in [-0.25, -0.2) is 4.79 Å². The van der Waals surface area contributed by atoms with Gasteiger partial charge in [0.1, 0.15) is 12.4 Å². The molecule has 23 heavy (non-hydrogen) atoms. The quantitative estimate of drug-likeness (QED) is 0.812. The number of halogens is 3. The van der Waals surface area contributed by atoms with Gasteiger partial charge >= 0.3 is 12.2 Å². The van der Waals surface area contributed by atoms with Gasteiger partial charge in [-0.1, -0.05) is 0 Å². The lowest BCUT2D eigenvalue weighted by Crippen LogP contribution is -2.40. The third-order valence-corrected chi connectivity index (χ3v) is 3.66. The van der Waals surface area contributed by atoms with Crippen molar-refractivity contribution in [2.75, 3.05) is 32.8 Å². The molecule has 1 atom stereocenters. The molecule has 2 N–H and O–H groups in total. The molecule has 1 saturated heterocycles. The highest BCUT2D eigenvalue weighted by Crippen LogP contribution is 2.30. The summed E-state index contributed by atoms with van der Waals surface area (Å²) in [6.45, 7) is 1.62. The Kier molecular flexibility index (Phi) is 5.70. The molecule has 1 aromatic carbocycles. The van der Waals surface area contributed by atoms with Crippen molar-refractivity contribution < 1.29 is 27.8 Å². The Morgan fingerprint density at radius 3 is 2.61 bits per heavy atom. The molecule has 128 valence electrons. The number of aliphatic hydroxyl groups excluding tert-OH is 1. The average Bonchev–Trinajstić information content (AvgIpc) is 3.00. The molecule has 2 amide bonds. The number of rotatable bonds is 5. The molecule has 1 heterocycles. The summed E-state index contributed by atoms with van der Waals surface area (Å²) in [4.78, 5) is 13.4. The number of alkyl halides is 3. The van der Waals surface area contributed by atoms with E-state index < -0.39 is 11.7 Å². The number of amides is 2. The Morgan fingerprint density at radius 2 is 2.04 bits per heavy atom. The van der Waals surface area contributed by atoms with Gasteiger partial charge < -0.3 is 20.1 Å². The van der Waals surface area contributed by atoms with E-state index in [1.165, 1.54) is 12.1 Å². The van der Waals surface area contributed by atoms with Crippen molar-refractivity contribution in [1.29, 1.82) is 0 Å². The molecule has 1 aliphatic rings. The van der Waals surface area contributed by atoms with Crippen molar-refractivity contribution in [2.24, 2.45) is 5.92 Å². The van der Waals surface area contributed by atoms with Gasteiger partial charge in [-0.3, -0.25) is 0 Å². The molecule has 0 aliphatic carbocycles. The standard InChI is InChI=1S/C15H19F3N2O3/c16-15(17,18)12-1-3-13(4-2-12)23-8-6-19-14(22)20-7-5-11(9-20)10-21/h1-4,11,21H,5-10H2,(H,19,22). The van der Waals surface area contributed by atoms with E-state index in [-0.39, 0.29) is 31.7 Å². The maximum Gasteiger partial charge on any atom is 0.416 e. The lowest BCUT2D eigenvalue weighted by atomic mass is 10.1. The first-order valence-electron chi connectivity index (χ1n) is 7.34. The highest BCUT2D eigenvalue weighted by atomic mass is 19.4. The lowest BCUT2D eigenvalue weighted by molar-refractivity contribution is -0.137. The normalized spacial score (nSPS) is 18.1. The number of aliphatic hydroxyl groups is 1. The summed E-state index contributed by atoms with van der Waals surface area (Å²) >= 11 is 0. The molecule has 5 nitrogen and oxygen atoms in total. The predicted molar refractivity (Wildman–Crippen MR) is 77.1 cm³/mol. The predicted octanol–water partition coefficient (Wildman–Crippen LogP) is 2.11. The molecule has 0 saturated carbocycles. The van der Waals surface area contributed by atoms with Gasteiger partial charge in [-0.15, -0.1) is 0 Å². The fraction of sp³-hybridized carbons (Fsp3) is 0.533. The Morgan fingerprint density at radius 1 is 1.35 bits per heavy atom. The summed E-state index contributed by atoms with van der Waals surface area (Å²) in [6, 6.07) is 4.17. The van der Waals surface area contributed by atoms with Crippen molar-refractivity contribution >= 4 is 6.03 Å². The van der Waals surface area contributed by atoms with E-state index in [1.807, 2.05) is 0 Å². The van der Waals surface area contributed by atoms with Gasteiger partial charge in [-0.2, -0.15) is 13.2 Å². The van der Waals surface area contributed by atoms with Crippen LogP contribution in [0.3, 0.4) is 0 Å². The molecule has 0 radical (unpaired) electrons. The van der Waals surface area contributed by atoms with Gasteiger partial charge in [0.15, 0.2) is 0 Å². The summed E-state index contributed by atoms with van der Waals surface area (Å²) in [5.41, 5.74) is -0.731. The lowest BCUT2D eigenvalue weighted by Gasteiger charge is -2.17. The van der Waals surface area contributed by atoms with Crippen molar-refractivity contribution in [2.45, 2.75) is 12.6 Å². The van der Waals surface area contributed by atoms with Crippen LogP contribution in [0.2, 0.25) is 0 Å². The number of nitrogens with one attached hydrogen (secondary N) is 1. The van der Waals surface area contributed by atoms with Crippen LogP contribution >= 0.6 is 0 Å². The van der Waals surface area contributed by atoms with Gasteiger partial charge in [-0.05, 0) is 30.7 Å². The molecule has 1 aromatic rings. The molecule has 0 aromatic heterocycles. The zero-order chi connectivity index (χ0) is 16.9. The second-order valence-electron chi connectivity index (χ2n) is 5.39. The van der Waals surface area contributed by atoms with E-state index in [4.69, 9.17) is 9.84 Å². The highest BCUT2D eigenvalue weighted by Gasteiger charge is 2.30. The Hall–Kier alpha value is -1.96. The number of ether oxygens (including phenoxy) is 1. The second kappa shape index (κ2) is 7.54. The number of carbonyl (C=O) groups excluding carboxylic acids is 1. The first-order chi connectivity index (χ1) is 10.9. The third-order valence-electron chi connectivity index (χ3n) is 3.66. The SMILES string of the molecule is O=C(NCCOc1ccc(C(F)(F)F)cc1)N1CCC(CO)C1. The van der Waals surface area contributed by atoms with Crippen LogP contribution in [0.15, 0.2) is 24.3 Å². The summed E-state index contributed by atoms with van der Waals surface area (Å²) in [7, 11) is 0. The van der Waals surface area contributed by atoms with Crippen molar-refractivity contribution in [3.8, 4) is 5.75 Å². The van der Waals surface area contributed by atoms with E-state index in [1.54, 1.807) is 4.90 Å². The fourth-order valence-electron chi connectivity index (χ4n) is 2.34. The smallest absolute Gasteiger partial charge is 0.416 e. The number of benzene rings is 1. The van der Waals surface area contributed by atoms with Crippen LogP contribution < -0.4 is 10.1 Å². The topological polar surface area (TPSA) is 61.8 Å². The number of carbonyl (C=O) groups is 1. The molecule has 0 spiro atoms. The minimum Gasteiger partial charge on any atom is -0.492 e. The van der Waals surface area contributed by atoms with Gasteiger partial charge in [0.2, 0.25) is 0 Å². The van der Waals surface area contributed by atoms with Gasteiger partial charge in [0.25, 0.3) is 0 Å². The summed E-state index contributed by atoms with van der Waals surface area (Å²) in [5, 5.41) is 11.7. The summed E-state index contributed by atoms with van der Waals surface area (Å²) in [5.74, 6) is 0.443. The van der Waals surface area contributed by atoms with Crippen LogP contribution in [0.1, 0.15) is 12.0 Å². The first kappa shape index (κ1) is 17.4. The molecule has 1 aliphatic heterocycles. The van der Waals surface area contributed by atoms with E-state index in [9.17, 15) is 18.0 Å². The Labute approximate surface area is 132 Å². The van der Waals surface area contributed by atoms with Crippen LogP contribution in [0.5, 0.6) is 5.75 Å². The maximum atomic E-state index is 12.4. The van der Waals surface area contributed by atoms with Crippen LogP contribution in [0, 0.1) is 5.92 Å². The third kappa shape index (κ3) is 5.02. The summed E-state index contributed by atoms with van der Waals surface area (Å²) in [6.07, 6.45) is -3.58. The molecular weight excluding hydrogens is 313 g/mol. The molecular formula is C15H19F3N2O3. The number of hydrogen-bond donors (Lipinski definition) is 2. The van der Waals surface area contributed by atoms with Crippen LogP contribution in [0.4, 0.5) is 18.0 Å². The van der Waals surface area contributed by atoms with Crippen molar-refractivity contribution in [3.63, 3.8) is 0 Å². The van der Waals surface area contributed by atoms with Gasteiger partial charge in [0.05, 0.1) is 12.1 Å². The molecule has 2 rings (SSSR count). The first-order valence-corrected chi connectivity index (χ1v) is 7.34. The summed E-state index contributed by atoms with van der Waals surface area (Å²) < 4.78 is 42.5. The largest absolute Gasteiger partial charge is 0.492 e. The van der Waals surface area contributed by atoms with Crippen LogP contribution in [-0.2, 0) is 6.18 Å². The minimum atomic E-state index is -4.37. The van der Waals surface area contributed by atoms with E-state index in [2.05, 4.69) is 5.32 Å². The number of hydrogen-bond acceptors (Lipinski definition) is 3. The molecule has 1 fully saturated rings. The number of urea groups is 1. The monoisotopic (exact) mass is 332 g/mol. The van der Waals surface area contributed by atoms with E-state index in [0.29, 0.717) is 18.8 Å².